The van der Waals surface area contributed by atoms with Crippen LogP contribution in [0, 0.1) is 23.7 Å². The normalized spacial score (nSPS) is 25.5. The number of carbonyl (C=O) groups excluding carboxylic acids is 4. The minimum Gasteiger partial charge on any atom is -0.507 e. The predicted molar refractivity (Wildman–Crippen MR) is 215 cm³/mol. The van der Waals surface area contributed by atoms with Gasteiger partial charge in [-0.05, 0) is 77.7 Å². The highest BCUT2D eigenvalue weighted by Crippen LogP contribution is 2.65. The molecular formula is C45H35Cl2N3O6. The summed E-state index contributed by atoms with van der Waals surface area (Å²) in [7, 11) is 1.54. The molecule has 2 heterocycles. The van der Waals surface area contributed by atoms with Gasteiger partial charge in [-0.15, -0.1) is 0 Å². The molecule has 0 radical (unpaired) electrons. The molecule has 5 aromatic rings. The van der Waals surface area contributed by atoms with Crippen LogP contribution in [0.5, 0.6) is 11.5 Å². The fourth-order valence-corrected chi connectivity index (χ4v) is 10.2. The molecule has 280 valence electrons. The highest BCUT2D eigenvalue weighted by atomic mass is 35.5. The van der Waals surface area contributed by atoms with Crippen molar-refractivity contribution in [2.75, 3.05) is 17.4 Å². The molecule has 9 rings (SSSR count). The molecule has 0 bridgehead atoms. The number of fused-ring (bicyclic) bond motifs is 5. The van der Waals surface area contributed by atoms with Crippen molar-refractivity contribution in [3.63, 3.8) is 0 Å². The number of ether oxygens (including phenoxy) is 1. The first-order chi connectivity index (χ1) is 27.1. The van der Waals surface area contributed by atoms with E-state index in [1.165, 1.54) is 11.0 Å². The molecule has 2 saturated heterocycles. The minimum atomic E-state index is -1.61. The van der Waals surface area contributed by atoms with Gasteiger partial charge in [-0.2, -0.15) is 5.01 Å². The smallest absolute Gasteiger partial charge is 0.260 e. The lowest BCUT2D eigenvalue weighted by Gasteiger charge is -2.50. The maximum absolute atomic E-state index is 15.6. The van der Waals surface area contributed by atoms with Gasteiger partial charge < -0.3 is 9.84 Å². The number of hydrogen-bond donors (Lipinski definition) is 2. The van der Waals surface area contributed by atoms with Crippen molar-refractivity contribution >= 4 is 75.1 Å². The van der Waals surface area contributed by atoms with Crippen LogP contribution in [0.25, 0.3) is 16.8 Å². The lowest BCUT2D eigenvalue weighted by molar-refractivity contribution is -0.138. The van der Waals surface area contributed by atoms with Gasteiger partial charge in [0.15, 0.2) is 0 Å². The van der Waals surface area contributed by atoms with Crippen LogP contribution in [-0.4, -0.2) is 40.9 Å². The lowest BCUT2D eigenvalue weighted by Crippen LogP contribution is -2.53. The number of hydrazine groups is 1. The van der Waals surface area contributed by atoms with Crippen molar-refractivity contribution in [1.29, 1.82) is 0 Å². The van der Waals surface area contributed by atoms with Crippen molar-refractivity contribution in [2.45, 2.75) is 24.2 Å². The molecule has 4 aliphatic rings. The fraction of sp³-hybridized carbons (Fsp3) is 0.200. The van der Waals surface area contributed by atoms with E-state index in [0.717, 1.165) is 21.5 Å². The van der Waals surface area contributed by atoms with E-state index >= 15 is 9.59 Å². The molecule has 9 nitrogen and oxygen atoms in total. The maximum atomic E-state index is 15.6. The maximum Gasteiger partial charge on any atom is 0.260 e. The van der Waals surface area contributed by atoms with Crippen LogP contribution in [0.4, 0.5) is 11.4 Å². The van der Waals surface area contributed by atoms with Crippen LogP contribution in [0.1, 0.15) is 35.4 Å². The Morgan fingerprint density at radius 3 is 2.34 bits per heavy atom. The summed E-state index contributed by atoms with van der Waals surface area (Å²) in [5.74, 6) is -5.32. The first-order valence-corrected chi connectivity index (χ1v) is 19.1. The van der Waals surface area contributed by atoms with Gasteiger partial charge in [0, 0.05) is 21.9 Å². The highest BCUT2D eigenvalue weighted by molar-refractivity contribution is 6.36. The number of halogens is 2. The Balaban J connectivity index is 1.26. The van der Waals surface area contributed by atoms with Crippen LogP contribution in [0.15, 0.2) is 121 Å². The number of aromatic hydroxyl groups is 1. The number of hydrogen-bond acceptors (Lipinski definition) is 7. The van der Waals surface area contributed by atoms with E-state index in [1.807, 2.05) is 36.4 Å². The fourth-order valence-electron chi connectivity index (χ4n) is 9.71. The number of nitrogens with one attached hydrogen (secondary N) is 1. The number of benzene rings is 5. The monoisotopic (exact) mass is 783 g/mol. The molecule has 4 amide bonds. The van der Waals surface area contributed by atoms with E-state index in [9.17, 15) is 14.7 Å². The van der Waals surface area contributed by atoms with Gasteiger partial charge in [-0.25, -0.2) is 0 Å². The highest BCUT2D eigenvalue weighted by Gasteiger charge is 2.70. The molecule has 6 atom stereocenters. The van der Waals surface area contributed by atoms with Gasteiger partial charge in [0.1, 0.15) is 11.5 Å². The summed E-state index contributed by atoms with van der Waals surface area (Å²) in [4.78, 5) is 60.7. The van der Waals surface area contributed by atoms with Crippen LogP contribution < -0.4 is 15.1 Å². The van der Waals surface area contributed by atoms with Crippen LogP contribution in [0.2, 0.25) is 10.0 Å². The summed E-state index contributed by atoms with van der Waals surface area (Å²) < 4.78 is 5.50. The molecule has 6 unspecified atom stereocenters. The average molecular weight is 785 g/mol. The van der Waals surface area contributed by atoms with E-state index in [0.29, 0.717) is 33.0 Å². The zero-order chi connectivity index (χ0) is 39.0. The number of amides is 4. The van der Waals surface area contributed by atoms with E-state index < -0.39 is 46.8 Å². The number of phenolic OH excluding ortho intramolecular Hbond substituents is 1. The average Bonchev–Trinajstić information content (AvgIpc) is 3.60. The van der Waals surface area contributed by atoms with Crippen molar-refractivity contribution < 1.29 is 29.0 Å². The Labute approximate surface area is 332 Å². The van der Waals surface area contributed by atoms with E-state index in [2.05, 4.69) is 12.0 Å². The van der Waals surface area contributed by atoms with Gasteiger partial charge in [0.25, 0.3) is 11.8 Å². The third-order valence-corrected chi connectivity index (χ3v) is 12.8. The topological polar surface area (TPSA) is 116 Å². The Kier molecular flexibility index (Phi) is 8.56. The van der Waals surface area contributed by atoms with Crippen molar-refractivity contribution in [3.05, 3.63) is 148 Å². The molecular weight excluding hydrogens is 749 g/mol. The number of anilines is 2. The number of rotatable bonds is 7. The first-order valence-electron chi connectivity index (χ1n) is 18.3. The third-order valence-electron chi connectivity index (χ3n) is 12.2. The van der Waals surface area contributed by atoms with Crippen LogP contribution in [0.3, 0.4) is 0 Å². The molecule has 56 heavy (non-hydrogen) atoms. The summed E-state index contributed by atoms with van der Waals surface area (Å²) >= 11 is 12.8. The van der Waals surface area contributed by atoms with Gasteiger partial charge >= 0.3 is 0 Å². The summed E-state index contributed by atoms with van der Waals surface area (Å²) in [5.41, 5.74) is 4.67. The zero-order valence-electron chi connectivity index (χ0n) is 30.1. The molecule has 11 heteroatoms. The number of imide groups is 2. The summed E-state index contributed by atoms with van der Waals surface area (Å²) in [6.07, 6.45) is 3.97. The Morgan fingerprint density at radius 2 is 1.62 bits per heavy atom. The van der Waals surface area contributed by atoms with Gasteiger partial charge in [-0.1, -0.05) is 108 Å². The van der Waals surface area contributed by atoms with E-state index in [1.54, 1.807) is 79.9 Å². The Hall–Kier alpha value is -5.90. The lowest BCUT2D eigenvalue weighted by atomic mass is 9.49. The van der Waals surface area contributed by atoms with Crippen LogP contribution in [-0.2, 0) is 24.6 Å². The van der Waals surface area contributed by atoms with Gasteiger partial charge in [0.2, 0.25) is 11.8 Å². The number of carbonyl (C=O) groups is 4. The predicted octanol–water partition coefficient (Wildman–Crippen LogP) is 8.69. The molecule has 3 fully saturated rings. The Morgan fingerprint density at radius 1 is 0.875 bits per heavy atom. The number of nitrogens with zero attached hydrogens (tertiary/aromatic N) is 2. The second kappa shape index (κ2) is 13.4. The summed E-state index contributed by atoms with van der Waals surface area (Å²) in [6.45, 7) is 3.81. The van der Waals surface area contributed by atoms with Crippen molar-refractivity contribution in [2.24, 2.45) is 23.7 Å². The third kappa shape index (κ3) is 5.14. The molecule has 1 saturated carbocycles. The second-order valence-corrected chi connectivity index (χ2v) is 15.6. The minimum absolute atomic E-state index is 0.0337. The Bertz CT molecular complexity index is 2540. The van der Waals surface area contributed by atoms with Gasteiger partial charge in [0.05, 0.1) is 46.7 Å². The molecule has 0 aromatic heterocycles. The molecule has 2 N–H and O–H groups in total. The largest absolute Gasteiger partial charge is 0.507 e. The van der Waals surface area contributed by atoms with Crippen LogP contribution >= 0.6 is 23.2 Å². The second-order valence-electron chi connectivity index (χ2n) is 14.7. The SMILES string of the molecule is C=Cc1ccc(N2C(=O)C3CC=C4C(CC5C(=O)N(Nc6ccc(Cl)cc6Cl)C(=O)C5(c5ccc(OC)cc5)C4c4ccc5ccccc5c4O)C3C2=O)cc1. The zero-order valence-corrected chi connectivity index (χ0v) is 31.6. The summed E-state index contributed by atoms with van der Waals surface area (Å²) in [6, 6.07) is 29.9. The number of phenols is 1. The van der Waals surface area contributed by atoms with Crippen molar-refractivity contribution in [1.82, 2.24) is 5.01 Å². The quantitative estimate of drug-likeness (QED) is 0.125. The van der Waals surface area contributed by atoms with E-state index in [4.69, 9.17) is 27.9 Å². The van der Waals surface area contributed by atoms with Gasteiger partial charge in [-0.3, -0.25) is 29.5 Å². The van der Waals surface area contributed by atoms with Crippen molar-refractivity contribution in [3.8, 4) is 11.5 Å². The summed E-state index contributed by atoms with van der Waals surface area (Å²) in [5, 5.41) is 15.2. The molecule has 5 aromatic carbocycles. The molecule has 2 aliphatic heterocycles. The first kappa shape index (κ1) is 35.8. The molecule has 2 aliphatic carbocycles. The standard InChI is InChI=1S/C45H35Cl2N3O6/c1-3-24-8-14-28(15-9-24)49-41(52)32-20-19-31-34(38(32)43(49)54)23-35-42(53)50(48-37-21-13-27(46)22-36(37)47)44(55)45(35,26-11-16-29(56-2)17-12-26)39(31)33-18-10-25-6-4-5-7-30(25)40(33)51/h3-19,21-22,32,34-35,38-39,48,51H,1,20,23H2,2H3. The number of methoxy groups -OCH3 is 1. The molecule has 0 spiro atoms. The van der Waals surface area contributed by atoms with E-state index in [-0.39, 0.29) is 41.1 Å². The number of allylic oxidation sites excluding steroid dienone is 2.